The molecule has 0 aliphatic carbocycles. The summed E-state index contributed by atoms with van der Waals surface area (Å²) in [5.41, 5.74) is 8.14. The predicted molar refractivity (Wildman–Crippen MR) is 106 cm³/mol. The van der Waals surface area contributed by atoms with Crippen LogP contribution in [0.2, 0.25) is 0 Å². The van der Waals surface area contributed by atoms with Crippen molar-refractivity contribution in [2.75, 3.05) is 25.7 Å². The van der Waals surface area contributed by atoms with Gasteiger partial charge in [-0.25, -0.2) is 8.42 Å². The summed E-state index contributed by atoms with van der Waals surface area (Å²) < 4.78 is 35.2. The molecule has 1 aliphatic rings. The zero-order valence-corrected chi connectivity index (χ0v) is 16.9. The molecule has 2 atom stereocenters. The van der Waals surface area contributed by atoms with E-state index in [0.717, 1.165) is 6.26 Å². The zero-order valence-electron chi connectivity index (χ0n) is 16.1. The standard InChI is InChI=1S/C20H24N2O5S/c1-4-27-18-11-13(9-10-17(18)26-2)16(12-28(3,24)25)22-19(21)14-7-5-6-8-15(14)20(22)23/h5-11,16,19H,4,12,21H2,1-3H3. The molecular weight excluding hydrogens is 380 g/mol. The first-order valence-electron chi connectivity index (χ1n) is 8.92. The summed E-state index contributed by atoms with van der Waals surface area (Å²) in [7, 11) is -1.88. The molecule has 2 aromatic rings. The second kappa shape index (κ2) is 7.81. The van der Waals surface area contributed by atoms with Gasteiger partial charge in [0.15, 0.2) is 11.5 Å². The summed E-state index contributed by atoms with van der Waals surface area (Å²) in [6, 6.07) is 11.5. The lowest BCUT2D eigenvalue weighted by Crippen LogP contribution is -2.39. The van der Waals surface area contributed by atoms with Gasteiger partial charge in [-0.1, -0.05) is 24.3 Å². The first-order chi connectivity index (χ1) is 13.3. The number of carbonyl (C=O) groups excluding carboxylic acids is 1. The number of nitrogens with zero attached hydrogens (tertiary/aromatic N) is 1. The lowest BCUT2D eigenvalue weighted by molar-refractivity contribution is 0.0651. The number of benzene rings is 2. The van der Waals surface area contributed by atoms with Crippen LogP contribution in [0.15, 0.2) is 42.5 Å². The van der Waals surface area contributed by atoms with Crippen LogP contribution >= 0.6 is 0 Å². The molecule has 2 unspecified atom stereocenters. The maximum atomic E-state index is 13.0. The summed E-state index contributed by atoms with van der Waals surface area (Å²) in [5.74, 6) is 0.478. The number of amides is 1. The molecule has 0 fully saturated rings. The van der Waals surface area contributed by atoms with E-state index < -0.39 is 22.0 Å². The van der Waals surface area contributed by atoms with Crippen molar-refractivity contribution in [3.63, 3.8) is 0 Å². The second-order valence-corrected chi connectivity index (χ2v) is 8.88. The third kappa shape index (κ3) is 3.83. The van der Waals surface area contributed by atoms with E-state index >= 15 is 0 Å². The molecule has 1 aliphatic heterocycles. The molecule has 0 saturated carbocycles. The molecule has 1 heterocycles. The SMILES string of the molecule is CCOc1cc(C(CS(C)(=O)=O)N2C(=O)c3ccccc3C2N)ccc1OC. The van der Waals surface area contributed by atoms with Crippen molar-refractivity contribution in [3.05, 3.63) is 59.2 Å². The van der Waals surface area contributed by atoms with Crippen molar-refractivity contribution >= 4 is 15.7 Å². The van der Waals surface area contributed by atoms with Crippen LogP contribution in [-0.2, 0) is 9.84 Å². The average molecular weight is 404 g/mol. The Kier molecular flexibility index (Phi) is 5.62. The fourth-order valence-electron chi connectivity index (χ4n) is 3.49. The Morgan fingerprint density at radius 2 is 1.89 bits per heavy atom. The number of ether oxygens (including phenoxy) is 2. The monoisotopic (exact) mass is 404 g/mol. The minimum Gasteiger partial charge on any atom is -0.493 e. The highest BCUT2D eigenvalue weighted by atomic mass is 32.2. The van der Waals surface area contributed by atoms with Crippen molar-refractivity contribution < 1.29 is 22.7 Å². The van der Waals surface area contributed by atoms with Gasteiger partial charge in [0.05, 0.1) is 25.5 Å². The Morgan fingerprint density at radius 1 is 1.18 bits per heavy atom. The van der Waals surface area contributed by atoms with Crippen LogP contribution in [0, 0.1) is 0 Å². The zero-order chi connectivity index (χ0) is 20.5. The van der Waals surface area contributed by atoms with Crippen LogP contribution in [0.3, 0.4) is 0 Å². The highest BCUT2D eigenvalue weighted by Crippen LogP contribution is 2.39. The van der Waals surface area contributed by atoms with Crippen LogP contribution in [-0.4, -0.2) is 45.0 Å². The number of hydrogen-bond donors (Lipinski definition) is 1. The number of hydrogen-bond acceptors (Lipinski definition) is 6. The Bertz CT molecular complexity index is 990. The largest absolute Gasteiger partial charge is 0.493 e. The molecule has 28 heavy (non-hydrogen) atoms. The number of fused-ring (bicyclic) bond motifs is 1. The fraction of sp³-hybridized carbons (Fsp3) is 0.350. The van der Waals surface area contributed by atoms with Gasteiger partial charge in [-0.15, -0.1) is 0 Å². The van der Waals surface area contributed by atoms with Gasteiger partial charge in [0.1, 0.15) is 16.0 Å². The van der Waals surface area contributed by atoms with E-state index in [1.54, 1.807) is 36.4 Å². The number of rotatable bonds is 7. The Balaban J connectivity index is 2.09. The van der Waals surface area contributed by atoms with Crippen molar-refractivity contribution in [3.8, 4) is 11.5 Å². The third-order valence-corrected chi connectivity index (χ3v) is 5.63. The highest BCUT2D eigenvalue weighted by Gasteiger charge is 2.40. The Labute approximate surface area is 165 Å². The van der Waals surface area contributed by atoms with E-state index in [1.165, 1.54) is 12.0 Å². The molecule has 1 amide bonds. The third-order valence-electron chi connectivity index (χ3n) is 4.71. The smallest absolute Gasteiger partial charge is 0.256 e. The molecule has 0 bridgehead atoms. The van der Waals surface area contributed by atoms with Crippen LogP contribution < -0.4 is 15.2 Å². The molecule has 0 aromatic heterocycles. The quantitative estimate of drug-likeness (QED) is 0.760. The minimum atomic E-state index is -3.41. The average Bonchev–Trinajstić information content (AvgIpc) is 2.90. The second-order valence-electron chi connectivity index (χ2n) is 6.70. The van der Waals surface area contributed by atoms with E-state index in [9.17, 15) is 13.2 Å². The summed E-state index contributed by atoms with van der Waals surface area (Å²) >= 11 is 0. The van der Waals surface area contributed by atoms with Crippen molar-refractivity contribution in [1.29, 1.82) is 0 Å². The number of carbonyl (C=O) groups is 1. The van der Waals surface area contributed by atoms with Crippen LogP contribution in [0.5, 0.6) is 11.5 Å². The van der Waals surface area contributed by atoms with Gasteiger partial charge in [-0.05, 0) is 30.7 Å². The fourth-order valence-corrected chi connectivity index (χ4v) is 4.42. The van der Waals surface area contributed by atoms with Crippen molar-refractivity contribution in [1.82, 2.24) is 4.90 Å². The molecule has 2 aromatic carbocycles. The maximum absolute atomic E-state index is 13.0. The van der Waals surface area contributed by atoms with Gasteiger partial charge >= 0.3 is 0 Å². The first kappa shape index (κ1) is 20.2. The number of nitrogens with two attached hydrogens (primary N) is 1. The van der Waals surface area contributed by atoms with Crippen LogP contribution in [0.25, 0.3) is 0 Å². The first-order valence-corrected chi connectivity index (χ1v) is 11.0. The van der Waals surface area contributed by atoms with E-state index in [2.05, 4.69) is 0 Å². The van der Waals surface area contributed by atoms with Crippen LogP contribution in [0.4, 0.5) is 0 Å². The maximum Gasteiger partial charge on any atom is 0.256 e. The summed E-state index contributed by atoms with van der Waals surface area (Å²) in [4.78, 5) is 14.5. The van der Waals surface area contributed by atoms with Gasteiger partial charge in [0.2, 0.25) is 0 Å². The minimum absolute atomic E-state index is 0.252. The van der Waals surface area contributed by atoms with E-state index in [-0.39, 0.29) is 11.7 Å². The predicted octanol–water partition coefficient (Wildman–Crippen LogP) is 2.29. The van der Waals surface area contributed by atoms with Gasteiger partial charge in [0.25, 0.3) is 5.91 Å². The molecular formula is C20H24N2O5S. The van der Waals surface area contributed by atoms with E-state index in [0.29, 0.717) is 34.8 Å². The van der Waals surface area contributed by atoms with E-state index in [1.807, 2.05) is 13.0 Å². The molecule has 2 N–H and O–H groups in total. The van der Waals surface area contributed by atoms with Gasteiger partial charge < -0.3 is 20.1 Å². The van der Waals surface area contributed by atoms with Gasteiger partial charge in [-0.3, -0.25) is 4.79 Å². The Morgan fingerprint density at radius 3 is 2.50 bits per heavy atom. The molecule has 3 rings (SSSR count). The lowest BCUT2D eigenvalue weighted by atomic mass is 10.1. The summed E-state index contributed by atoms with van der Waals surface area (Å²) in [6.45, 7) is 2.26. The van der Waals surface area contributed by atoms with Gasteiger partial charge in [0, 0.05) is 17.4 Å². The van der Waals surface area contributed by atoms with Crippen molar-refractivity contribution in [2.45, 2.75) is 19.1 Å². The molecule has 0 spiro atoms. The topological polar surface area (TPSA) is 98.9 Å². The molecule has 150 valence electrons. The number of methoxy groups -OCH3 is 1. The molecule has 8 heteroatoms. The Hall–Kier alpha value is -2.58. The molecule has 0 saturated heterocycles. The van der Waals surface area contributed by atoms with Crippen LogP contribution in [0.1, 0.15) is 40.6 Å². The number of sulfone groups is 1. The molecule has 0 radical (unpaired) electrons. The summed E-state index contributed by atoms with van der Waals surface area (Å²) in [5, 5.41) is 0. The summed E-state index contributed by atoms with van der Waals surface area (Å²) in [6.07, 6.45) is 0.416. The highest BCUT2D eigenvalue weighted by molar-refractivity contribution is 7.90. The van der Waals surface area contributed by atoms with Crippen molar-refractivity contribution in [2.24, 2.45) is 5.73 Å². The lowest BCUT2D eigenvalue weighted by Gasteiger charge is -2.32. The van der Waals surface area contributed by atoms with Gasteiger partial charge in [-0.2, -0.15) is 0 Å². The van der Waals surface area contributed by atoms with E-state index in [4.69, 9.17) is 15.2 Å². The normalized spacial score (nSPS) is 17.4. The molecule has 7 nitrogen and oxygen atoms in total.